The molecule has 1 aromatic heterocycles. The molecule has 0 fully saturated rings. The van der Waals surface area contributed by atoms with Gasteiger partial charge < -0.3 is 30.6 Å². The van der Waals surface area contributed by atoms with Crippen LogP contribution in [0.5, 0.6) is 0 Å². The van der Waals surface area contributed by atoms with Crippen LogP contribution in [0.25, 0.3) is 10.6 Å². The van der Waals surface area contributed by atoms with Crippen molar-refractivity contribution in [2.45, 2.75) is 37.9 Å². The molecule has 12 heteroatoms. The molecule has 0 saturated carbocycles. The fourth-order valence-corrected chi connectivity index (χ4v) is 10.5. The Morgan fingerprint density at radius 3 is 2.00 bits per heavy atom. The van der Waals surface area contributed by atoms with Crippen molar-refractivity contribution in [1.82, 2.24) is 15.6 Å². The first-order valence-electron chi connectivity index (χ1n) is 14.4. The summed E-state index contributed by atoms with van der Waals surface area (Å²) < 4.78 is 11.6. The zero-order valence-corrected chi connectivity index (χ0v) is 27.5. The van der Waals surface area contributed by atoms with E-state index in [9.17, 15) is 19.5 Å². The van der Waals surface area contributed by atoms with Crippen LogP contribution in [0.3, 0.4) is 0 Å². The summed E-state index contributed by atoms with van der Waals surface area (Å²) in [6.07, 6.45) is 0. The van der Waals surface area contributed by atoms with Crippen molar-refractivity contribution in [2.24, 2.45) is 0 Å². The summed E-state index contributed by atoms with van der Waals surface area (Å²) in [5.41, 5.74) is 7.31. The van der Waals surface area contributed by atoms with Gasteiger partial charge in [-0.25, -0.2) is 9.78 Å². The van der Waals surface area contributed by atoms with Crippen LogP contribution >= 0.6 is 11.3 Å². The average Bonchev–Trinajstić information content (AvgIpc) is 3.54. The average molecular weight is 647 g/mol. The molecule has 236 valence electrons. The van der Waals surface area contributed by atoms with Crippen molar-refractivity contribution in [3.05, 3.63) is 96.0 Å². The zero-order chi connectivity index (χ0) is 32.6. The van der Waals surface area contributed by atoms with Gasteiger partial charge in [0.25, 0.3) is 14.2 Å². The zero-order valence-electron chi connectivity index (χ0n) is 25.7. The molecule has 4 rings (SSSR count). The summed E-state index contributed by atoms with van der Waals surface area (Å²) in [7, 11) is -1.95. The van der Waals surface area contributed by atoms with E-state index in [0.29, 0.717) is 10.7 Å². The van der Waals surface area contributed by atoms with E-state index in [1.54, 1.807) is 17.5 Å². The Bertz CT molecular complexity index is 1550. The first-order chi connectivity index (χ1) is 21.5. The van der Waals surface area contributed by atoms with E-state index in [1.165, 1.54) is 11.3 Å². The van der Waals surface area contributed by atoms with Crippen molar-refractivity contribution in [3.63, 3.8) is 0 Å². The van der Waals surface area contributed by atoms with E-state index in [2.05, 4.69) is 36.4 Å². The molecule has 2 atom stereocenters. The molecule has 10 nitrogen and oxygen atoms in total. The number of nitrogens with two attached hydrogens (primary N) is 1. The van der Waals surface area contributed by atoms with E-state index < -0.39 is 49.8 Å². The molecule has 0 saturated heterocycles. The second-order valence-electron chi connectivity index (χ2n) is 11.4. The van der Waals surface area contributed by atoms with Crippen LogP contribution in [0.15, 0.2) is 90.3 Å². The van der Waals surface area contributed by atoms with Gasteiger partial charge in [-0.15, -0.1) is 11.3 Å². The van der Waals surface area contributed by atoms with Gasteiger partial charge in [-0.2, -0.15) is 0 Å². The fourth-order valence-electron chi connectivity index (χ4n) is 5.11. The van der Waals surface area contributed by atoms with Crippen LogP contribution in [0.2, 0.25) is 5.04 Å². The van der Waals surface area contributed by atoms with E-state index in [0.717, 1.165) is 23.0 Å². The summed E-state index contributed by atoms with van der Waals surface area (Å²) in [5, 5.41) is 18.8. The van der Waals surface area contributed by atoms with E-state index in [4.69, 9.17) is 14.9 Å². The minimum absolute atomic E-state index is 0.113. The van der Waals surface area contributed by atoms with E-state index >= 15 is 0 Å². The third-order valence-electron chi connectivity index (χ3n) is 7.38. The Labute approximate surface area is 267 Å². The number of carbonyl (C=O) groups excluding carboxylic acids is 3. The minimum Gasteiger partial charge on any atom is -0.467 e. The summed E-state index contributed by atoms with van der Waals surface area (Å²) in [5.74, 6) is -2.14. The van der Waals surface area contributed by atoms with Crippen LogP contribution in [0, 0.1) is 0 Å². The minimum atomic E-state index is -3.11. The number of aromatic nitrogens is 1. The largest absolute Gasteiger partial charge is 0.467 e. The molecule has 0 aliphatic carbocycles. The van der Waals surface area contributed by atoms with Crippen LogP contribution < -0.4 is 26.7 Å². The van der Waals surface area contributed by atoms with Crippen molar-refractivity contribution in [2.75, 3.05) is 26.1 Å². The van der Waals surface area contributed by atoms with Crippen molar-refractivity contribution < 1.29 is 28.7 Å². The SMILES string of the molecule is COC(=O)[C@H](CO)NC(=O)[C@H](CO[Si](c1ccccc1)(c1ccccc1)C(C)(C)C)NC(=O)c1csc(-c2ccc(N)cc2)n1. The Balaban J connectivity index is 1.69. The molecule has 0 aliphatic heterocycles. The van der Waals surface area contributed by atoms with E-state index in [1.807, 2.05) is 72.8 Å². The number of benzene rings is 3. The number of thiazole rings is 1. The molecular weight excluding hydrogens is 609 g/mol. The van der Waals surface area contributed by atoms with Gasteiger partial charge in [-0.05, 0) is 39.7 Å². The molecular formula is C33H38N4O6SSi. The number of methoxy groups -OCH3 is 1. The van der Waals surface area contributed by atoms with Gasteiger partial charge in [0.2, 0.25) is 5.91 Å². The number of aliphatic hydroxyl groups is 1. The number of anilines is 1. The number of aliphatic hydroxyl groups excluding tert-OH is 1. The number of amides is 2. The van der Waals surface area contributed by atoms with Crippen LogP contribution in [-0.2, 0) is 18.8 Å². The molecule has 5 N–H and O–H groups in total. The van der Waals surface area contributed by atoms with Crippen molar-refractivity contribution >= 4 is 53.5 Å². The molecule has 0 aliphatic rings. The van der Waals surface area contributed by atoms with Gasteiger partial charge in [-0.3, -0.25) is 9.59 Å². The van der Waals surface area contributed by atoms with Gasteiger partial charge in [0.1, 0.15) is 16.7 Å². The van der Waals surface area contributed by atoms with Crippen LogP contribution in [0.4, 0.5) is 5.69 Å². The first-order valence-corrected chi connectivity index (χ1v) is 17.1. The number of ether oxygens (including phenoxy) is 1. The number of nitrogen functional groups attached to an aromatic ring is 1. The molecule has 0 unspecified atom stereocenters. The summed E-state index contributed by atoms with van der Waals surface area (Å²) in [4.78, 5) is 43.8. The fraction of sp³-hybridized carbons (Fsp3) is 0.273. The maximum atomic E-state index is 13.7. The number of nitrogens with zero attached hydrogens (tertiary/aromatic N) is 1. The van der Waals surface area contributed by atoms with Gasteiger partial charge in [0.05, 0.1) is 20.3 Å². The lowest BCUT2D eigenvalue weighted by molar-refractivity contribution is -0.146. The van der Waals surface area contributed by atoms with Crippen LogP contribution in [-0.4, -0.2) is 68.6 Å². The molecule has 0 bridgehead atoms. The van der Waals surface area contributed by atoms with Crippen molar-refractivity contribution in [3.8, 4) is 10.6 Å². The highest BCUT2D eigenvalue weighted by molar-refractivity contribution is 7.13. The summed E-state index contributed by atoms with van der Waals surface area (Å²) in [6, 6.07) is 24.3. The van der Waals surface area contributed by atoms with Crippen LogP contribution in [0.1, 0.15) is 31.3 Å². The molecule has 3 aromatic carbocycles. The standard InChI is InChI=1S/C33H38N4O6SSi/c1-33(2,3)45(24-11-7-5-8-12-24,25-13-9-6-10-14-25)43-20-27(29(39)35-26(19-38)32(41)42-4)36-30(40)28-21-44-31(37-28)22-15-17-23(34)18-16-22/h5-18,21,26-27,38H,19-20,34H2,1-4H3,(H,35,39)(H,36,40)/t26-,27-/m0/s1. The number of hydrogen-bond donors (Lipinski definition) is 4. The number of hydrogen-bond acceptors (Lipinski definition) is 9. The first kappa shape index (κ1) is 33.5. The van der Waals surface area contributed by atoms with E-state index in [-0.39, 0.29) is 12.3 Å². The Morgan fingerprint density at radius 2 is 1.49 bits per heavy atom. The third kappa shape index (κ3) is 7.66. The van der Waals surface area contributed by atoms with Gasteiger partial charge >= 0.3 is 5.97 Å². The number of rotatable bonds is 12. The molecule has 2 amide bonds. The Kier molecular flexibility index (Phi) is 10.9. The highest BCUT2D eigenvalue weighted by Gasteiger charge is 2.50. The third-order valence-corrected chi connectivity index (χ3v) is 13.3. The van der Waals surface area contributed by atoms with Crippen molar-refractivity contribution in [1.29, 1.82) is 0 Å². The second-order valence-corrected chi connectivity index (χ2v) is 16.6. The van der Waals surface area contributed by atoms with Gasteiger partial charge in [-0.1, -0.05) is 81.4 Å². The predicted octanol–water partition coefficient (Wildman–Crippen LogP) is 2.72. The lowest BCUT2D eigenvalue weighted by Gasteiger charge is -2.43. The Morgan fingerprint density at radius 1 is 0.911 bits per heavy atom. The summed E-state index contributed by atoms with van der Waals surface area (Å²) in [6.45, 7) is 5.38. The van der Waals surface area contributed by atoms with Gasteiger partial charge in [0.15, 0.2) is 6.04 Å². The quantitative estimate of drug-likeness (QED) is 0.104. The lowest BCUT2D eigenvalue weighted by atomic mass is 10.2. The molecule has 1 heterocycles. The highest BCUT2D eigenvalue weighted by Crippen LogP contribution is 2.37. The van der Waals surface area contributed by atoms with Gasteiger partial charge in [0, 0.05) is 16.6 Å². The number of nitrogens with one attached hydrogen (secondary N) is 2. The highest BCUT2D eigenvalue weighted by atomic mass is 32.1. The number of esters is 1. The summed E-state index contributed by atoms with van der Waals surface area (Å²) >= 11 is 1.28. The maximum absolute atomic E-state index is 13.7. The normalized spacial score (nSPS) is 13.0. The molecule has 0 spiro atoms. The topological polar surface area (TPSA) is 153 Å². The molecule has 0 radical (unpaired) electrons. The predicted molar refractivity (Wildman–Crippen MR) is 178 cm³/mol. The number of carbonyl (C=O) groups is 3. The molecule has 4 aromatic rings. The lowest BCUT2D eigenvalue weighted by Crippen LogP contribution is -2.68. The monoisotopic (exact) mass is 646 g/mol. The smallest absolute Gasteiger partial charge is 0.330 e. The molecule has 45 heavy (non-hydrogen) atoms. The maximum Gasteiger partial charge on any atom is 0.330 e. The Hall–Kier alpha value is -4.36. The second kappa shape index (κ2) is 14.6.